The Labute approximate surface area is 131 Å². The zero-order valence-corrected chi connectivity index (χ0v) is 13.9. The molecule has 2 bridgehead atoms. The molecular formula is C17H25BrN2. The zero-order valence-electron chi connectivity index (χ0n) is 12.3. The van der Waals surface area contributed by atoms with Crippen molar-refractivity contribution in [3.8, 4) is 0 Å². The number of fused-ring (bicyclic) bond motifs is 2. The van der Waals surface area contributed by atoms with Gasteiger partial charge in [-0.3, -0.25) is 0 Å². The summed E-state index contributed by atoms with van der Waals surface area (Å²) in [5.41, 5.74) is 1.40. The maximum absolute atomic E-state index is 3.70. The quantitative estimate of drug-likeness (QED) is 0.845. The Morgan fingerprint density at radius 2 is 2.20 bits per heavy atom. The highest BCUT2D eigenvalue weighted by molar-refractivity contribution is 9.10. The van der Waals surface area contributed by atoms with Gasteiger partial charge in [-0.05, 0) is 49.8 Å². The number of nitrogens with one attached hydrogen (secondary N) is 1. The van der Waals surface area contributed by atoms with Crippen molar-refractivity contribution in [3.63, 3.8) is 0 Å². The Bertz CT molecular complexity index is 448. The largest absolute Gasteiger partial charge is 0.310 e. The van der Waals surface area contributed by atoms with Gasteiger partial charge >= 0.3 is 0 Å². The molecule has 3 rings (SSSR count). The topological polar surface area (TPSA) is 15.3 Å². The Balaban J connectivity index is 1.61. The summed E-state index contributed by atoms with van der Waals surface area (Å²) in [5.74, 6) is 1.00. The van der Waals surface area contributed by atoms with E-state index in [0.717, 1.165) is 18.5 Å². The molecule has 2 nitrogen and oxygen atoms in total. The van der Waals surface area contributed by atoms with Gasteiger partial charge in [-0.2, -0.15) is 0 Å². The van der Waals surface area contributed by atoms with Crippen molar-refractivity contribution >= 4 is 15.9 Å². The number of piperidine rings is 1. The van der Waals surface area contributed by atoms with Crippen molar-refractivity contribution in [3.05, 3.63) is 34.3 Å². The average molecular weight is 337 g/mol. The molecule has 3 unspecified atom stereocenters. The highest BCUT2D eigenvalue weighted by Crippen LogP contribution is 2.38. The van der Waals surface area contributed by atoms with Crippen LogP contribution in [-0.4, -0.2) is 30.6 Å². The molecule has 1 heterocycles. The van der Waals surface area contributed by atoms with E-state index in [1.807, 2.05) is 0 Å². The fraction of sp³-hybridized carbons (Fsp3) is 0.647. The van der Waals surface area contributed by atoms with Crippen molar-refractivity contribution in [2.75, 3.05) is 19.6 Å². The van der Waals surface area contributed by atoms with Crippen LogP contribution in [0.4, 0.5) is 0 Å². The van der Waals surface area contributed by atoms with Gasteiger partial charge in [-0.25, -0.2) is 0 Å². The number of hydrogen-bond acceptors (Lipinski definition) is 2. The van der Waals surface area contributed by atoms with Crippen LogP contribution in [0.5, 0.6) is 0 Å². The minimum absolute atomic E-state index is 0.467. The van der Waals surface area contributed by atoms with Gasteiger partial charge in [0.25, 0.3) is 0 Å². The van der Waals surface area contributed by atoms with Crippen LogP contribution < -0.4 is 5.32 Å². The van der Waals surface area contributed by atoms with E-state index >= 15 is 0 Å². The molecular weight excluding hydrogens is 312 g/mol. The molecule has 0 spiro atoms. The summed E-state index contributed by atoms with van der Waals surface area (Å²) in [5, 5.41) is 3.65. The van der Waals surface area contributed by atoms with Gasteiger partial charge in [0.15, 0.2) is 0 Å². The number of nitrogens with zero attached hydrogens (tertiary/aromatic N) is 1. The molecule has 1 saturated carbocycles. The van der Waals surface area contributed by atoms with Crippen LogP contribution in [-0.2, 0) is 0 Å². The number of benzene rings is 1. The first-order chi connectivity index (χ1) is 9.78. The summed E-state index contributed by atoms with van der Waals surface area (Å²) in [4.78, 5) is 2.73. The van der Waals surface area contributed by atoms with Gasteiger partial charge in [0.2, 0.25) is 0 Å². The lowest BCUT2D eigenvalue weighted by Crippen LogP contribution is -2.35. The Morgan fingerprint density at radius 3 is 2.85 bits per heavy atom. The second-order valence-corrected chi connectivity index (χ2v) is 7.10. The molecule has 0 radical (unpaired) electrons. The van der Waals surface area contributed by atoms with E-state index in [-0.39, 0.29) is 0 Å². The molecule has 3 atom stereocenters. The molecule has 1 aliphatic carbocycles. The Kier molecular flexibility index (Phi) is 4.79. The van der Waals surface area contributed by atoms with Crippen LogP contribution in [0.15, 0.2) is 28.7 Å². The second-order valence-electron chi connectivity index (χ2n) is 6.25. The monoisotopic (exact) mass is 336 g/mol. The van der Waals surface area contributed by atoms with E-state index in [4.69, 9.17) is 0 Å². The highest BCUT2D eigenvalue weighted by atomic mass is 79.9. The maximum atomic E-state index is 3.70. The van der Waals surface area contributed by atoms with Gasteiger partial charge in [0, 0.05) is 29.6 Å². The molecule has 1 saturated heterocycles. The number of likely N-dealkylation sites (tertiary alicyclic amines) is 1. The second kappa shape index (κ2) is 6.59. The van der Waals surface area contributed by atoms with Crippen molar-refractivity contribution in [1.29, 1.82) is 0 Å². The van der Waals surface area contributed by atoms with Crippen molar-refractivity contribution in [2.24, 2.45) is 5.92 Å². The van der Waals surface area contributed by atoms with E-state index in [1.54, 1.807) is 0 Å². The SMILES string of the molecule is CCNC(CCN1CC2CCC1C2)c1ccccc1Br. The first-order valence-electron chi connectivity index (χ1n) is 7.99. The van der Waals surface area contributed by atoms with Gasteiger partial charge < -0.3 is 10.2 Å². The molecule has 1 aromatic carbocycles. The summed E-state index contributed by atoms with van der Waals surface area (Å²) < 4.78 is 1.23. The average Bonchev–Trinajstić information content (AvgIpc) is 3.07. The van der Waals surface area contributed by atoms with E-state index in [2.05, 4.69) is 57.3 Å². The smallest absolute Gasteiger partial charge is 0.0343 e. The van der Waals surface area contributed by atoms with Crippen LogP contribution >= 0.6 is 15.9 Å². The van der Waals surface area contributed by atoms with Gasteiger partial charge in [-0.1, -0.05) is 41.1 Å². The lowest BCUT2D eigenvalue weighted by molar-refractivity contribution is 0.203. The first-order valence-corrected chi connectivity index (χ1v) is 8.79. The summed E-state index contributed by atoms with van der Waals surface area (Å²) >= 11 is 3.70. The molecule has 0 aromatic heterocycles. The highest BCUT2D eigenvalue weighted by Gasteiger charge is 2.37. The van der Waals surface area contributed by atoms with Crippen LogP contribution in [0.1, 0.15) is 44.2 Å². The minimum atomic E-state index is 0.467. The molecule has 3 heteroatoms. The van der Waals surface area contributed by atoms with Crippen LogP contribution in [0.25, 0.3) is 0 Å². The van der Waals surface area contributed by atoms with Gasteiger partial charge in [0.1, 0.15) is 0 Å². The van der Waals surface area contributed by atoms with Crippen LogP contribution in [0, 0.1) is 5.92 Å². The normalized spacial score (nSPS) is 27.1. The fourth-order valence-corrected chi connectivity index (χ4v) is 4.53. The molecule has 2 fully saturated rings. The number of rotatable bonds is 6. The third kappa shape index (κ3) is 3.10. The maximum Gasteiger partial charge on any atom is 0.0343 e. The zero-order chi connectivity index (χ0) is 13.9. The summed E-state index contributed by atoms with van der Waals surface area (Å²) in [6.07, 6.45) is 5.58. The lowest BCUT2D eigenvalue weighted by atomic mass is 10.0. The van der Waals surface area contributed by atoms with Crippen molar-refractivity contribution in [1.82, 2.24) is 10.2 Å². The molecule has 1 N–H and O–H groups in total. The molecule has 110 valence electrons. The van der Waals surface area contributed by atoms with Gasteiger partial charge in [-0.15, -0.1) is 0 Å². The molecule has 1 aliphatic heterocycles. The predicted molar refractivity (Wildman–Crippen MR) is 87.9 cm³/mol. The van der Waals surface area contributed by atoms with Crippen LogP contribution in [0.2, 0.25) is 0 Å². The molecule has 20 heavy (non-hydrogen) atoms. The fourth-order valence-electron chi connectivity index (χ4n) is 3.97. The Hall–Kier alpha value is -0.380. The minimum Gasteiger partial charge on any atom is -0.310 e. The van der Waals surface area contributed by atoms with Gasteiger partial charge in [0.05, 0.1) is 0 Å². The van der Waals surface area contributed by atoms with E-state index in [0.29, 0.717) is 6.04 Å². The summed E-state index contributed by atoms with van der Waals surface area (Å²) in [6, 6.07) is 9.99. The van der Waals surface area contributed by atoms with Crippen LogP contribution in [0.3, 0.4) is 0 Å². The third-order valence-electron chi connectivity index (χ3n) is 4.96. The predicted octanol–water partition coefficient (Wildman–Crippen LogP) is 3.97. The summed E-state index contributed by atoms with van der Waals surface area (Å²) in [7, 11) is 0. The number of hydrogen-bond donors (Lipinski definition) is 1. The Morgan fingerprint density at radius 1 is 1.35 bits per heavy atom. The molecule has 2 aliphatic rings. The van der Waals surface area contributed by atoms with E-state index < -0.39 is 0 Å². The molecule has 0 amide bonds. The van der Waals surface area contributed by atoms with E-state index in [9.17, 15) is 0 Å². The van der Waals surface area contributed by atoms with E-state index in [1.165, 1.54) is 48.8 Å². The molecule has 1 aromatic rings. The summed E-state index contributed by atoms with van der Waals surface area (Å²) in [6.45, 7) is 5.80. The van der Waals surface area contributed by atoms with Crippen molar-refractivity contribution < 1.29 is 0 Å². The lowest BCUT2D eigenvalue weighted by Gasteiger charge is -2.29. The van der Waals surface area contributed by atoms with Crippen molar-refractivity contribution in [2.45, 2.75) is 44.7 Å². The third-order valence-corrected chi connectivity index (χ3v) is 5.68. The first kappa shape index (κ1) is 14.6. The standard InChI is InChI=1S/C17H25BrN2/c1-2-19-17(15-5-3-4-6-16(15)18)9-10-20-12-13-7-8-14(20)11-13/h3-6,13-14,17,19H,2,7-12H2,1H3. The number of halogens is 1.